The molecule has 0 aliphatic carbocycles. The molecule has 1 aliphatic heterocycles. The van der Waals surface area contributed by atoms with Gasteiger partial charge in [0.1, 0.15) is 0 Å². The fourth-order valence-corrected chi connectivity index (χ4v) is 2.79. The average molecular weight is 377 g/mol. The third-order valence-electron chi connectivity index (χ3n) is 4.09. The quantitative estimate of drug-likeness (QED) is 0.636. The number of halogens is 2. The lowest BCUT2D eigenvalue weighted by Crippen LogP contribution is -2.44. The zero-order valence-electron chi connectivity index (χ0n) is 14.6. The van der Waals surface area contributed by atoms with Crippen molar-refractivity contribution in [2.24, 2.45) is 0 Å². The van der Waals surface area contributed by atoms with Gasteiger partial charge >= 0.3 is 0 Å². The molecule has 3 N–H and O–H groups in total. The third kappa shape index (κ3) is 7.71. The molecular weight excluding hydrogens is 347 g/mol. The molecule has 1 heterocycles. The maximum atomic E-state index is 11.9. The van der Waals surface area contributed by atoms with Crippen LogP contribution in [0.5, 0.6) is 0 Å². The smallest absolute Gasteiger partial charge is 0.239 e. The summed E-state index contributed by atoms with van der Waals surface area (Å²) < 4.78 is 0. The van der Waals surface area contributed by atoms with Gasteiger partial charge in [-0.3, -0.25) is 4.79 Å². The van der Waals surface area contributed by atoms with Gasteiger partial charge in [0.15, 0.2) is 0 Å². The molecule has 1 aromatic carbocycles. The summed E-state index contributed by atoms with van der Waals surface area (Å²) in [5.74, 6) is 0.0583. The van der Waals surface area contributed by atoms with Crippen LogP contribution in [0.4, 0.5) is 5.69 Å². The second-order valence-corrected chi connectivity index (χ2v) is 5.92. The Labute approximate surface area is 157 Å². The van der Waals surface area contributed by atoms with Crippen molar-refractivity contribution in [2.45, 2.75) is 20.3 Å². The van der Waals surface area contributed by atoms with Crippen LogP contribution >= 0.6 is 24.8 Å². The van der Waals surface area contributed by atoms with Crippen LogP contribution in [-0.4, -0.2) is 56.6 Å². The van der Waals surface area contributed by atoms with Gasteiger partial charge in [0.25, 0.3) is 0 Å². The van der Waals surface area contributed by atoms with E-state index >= 15 is 0 Å². The first-order chi connectivity index (χ1) is 10.7. The van der Waals surface area contributed by atoms with Crippen molar-refractivity contribution in [1.29, 1.82) is 0 Å². The molecule has 0 saturated carbocycles. The second kappa shape index (κ2) is 12.4. The van der Waals surface area contributed by atoms with Gasteiger partial charge in [-0.15, -0.1) is 24.8 Å². The molecule has 1 saturated heterocycles. The molecule has 0 unspecified atom stereocenters. The predicted octanol–water partition coefficient (Wildman–Crippen LogP) is 1.97. The number of benzene rings is 1. The molecule has 0 aromatic heterocycles. The number of rotatable bonds is 7. The summed E-state index contributed by atoms with van der Waals surface area (Å²) in [4.78, 5) is 14.3. The highest BCUT2D eigenvalue weighted by molar-refractivity contribution is 5.85. The van der Waals surface area contributed by atoms with Gasteiger partial charge < -0.3 is 20.9 Å². The number of amides is 1. The lowest BCUT2D eigenvalue weighted by molar-refractivity contribution is -0.119. The predicted molar refractivity (Wildman–Crippen MR) is 106 cm³/mol. The number of carbonyl (C=O) groups is 1. The first kappa shape index (κ1) is 23.0. The van der Waals surface area contributed by atoms with E-state index in [1.807, 2.05) is 6.07 Å². The molecule has 5 nitrogen and oxygen atoms in total. The van der Waals surface area contributed by atoms with Crippen LogP contribution in [0.3, 0.4) is 0 Å². The molecular formula is C17H30Cl2N4O. The van der Waals surface area contributed by atoms with Gasteiger partial charge in [0.2, 0.25) is 5.91 Å². The molecule has 2 rings (SSSR count). The zero-order chi connectivity index (χ0) is 15.8. The van der Waals surface area contributed by atoms with Crippen LogP contribution in [-0.2, 0) is 4.79 Å². The second-order valence-electron chi connectivity index (χ2n) is 5.92. The van der Waals surface area contributed by atoms with E-state index in [0.29, 0.717) is 6.54 Å². The number of aryl methyl sites for hydroxylation is 2. The summed E-state index contributed by atoms with van der Waals surface area (Å²) >= 11 is 0. The van der Waals surface area contributed by atoms with Gasteiger partial charge in [0.05, 0.1) is 6.54 Å². The highest BCUT2D eigenvalue weighted by Crippen LogP contribution is 2.18. The first-order valence-electron chi connectivity index (χ1n) is 8.16. The van der Waals surface area contributed by atoms with Crippen molar-refractivity contribution < 1.29 is 4.79 Å². The van der Waals surface area contributed by atoms with Crippen molar-refractivity contribution in [3.8, 4) is 0 Å². The normalized spacial score (nSPS) is 14.2. The molecule has 138 valence electrons. The Morgan fingerprint density at radius 3 is 2.42 bits per heavy atom. The van der Waals surface area contributed by atoms with Gasteiger partial charge in [-0.2, -0.15) is 0 Å². The van der Waals surface area contributed by atoms with Gasteiger partial charge in [-0.05, 0) is 37.9 Å². The Hall–Kier alpha value is -1.01. The van der Waals surface area contributed by atoms with Crippen molar-refractivity contribution in [3.63, 3.8) is 0 Å². The third-order valence-corrected chi connectivity index (χ3v) is 4.09. The van der Waals surface area contributed by atoms with Crippen LogP contribution in [0, 0.1) is 13.8 Å². The zero-order valence-corrected chi connectivity index (χ0v) is 16.2. The summed E-state index contributed by atoms with van der Waals surface area (Å²) in [7, 11) is 0. The van der Waals surface area contributed by atoms with Crippen molar-refractivity contribution in [3.05, 3.63) is 29.3 Å². The van der Waals surface area contributed by atoms with Gasteiger partial charge in [0, 0.05) is 38.4 Å². The number of hydrogen-bond donors (Lipinski definition) is 3. The van der Waals surface area contributed by atoms with Crippen LogP contribution in [0.25, 0.3) is 0 Å². The molecule has 1 aromatic rings. The molecule has 0 radical (unpaired) electrons. The molecule has 0 spiro atoms. The topological polar surface area (TPSA) is 56.4 Å². The van der Waals surface area contributed by atoms with Gasteiger partial charge in [-0.1, -0.05) is 18.2 Å². The van der Waals surface area contributed by atoms with E-state index in [1.165, 1.54) is 11.1 Å². The van der Waals surface area contributed by atoms with E-state index in [-0.39, 0.29) is 30.7 Å². The molecule has 24 heavy (non-hydrogen) atoms. The molecule has 0 atom stereocenters. The van der Waals surface area contributed by atoms with Crippen LogP contribution in [0.15, 0.2) is 18.2 Å². The lowest BCUT2D eigenvalue weighted by atomic mass is 10.1. The monoisotopic (exact) mass is 376 g/mol. The SMILES string of the molecule is Cc1cccc(C)c1NCC(=O)NCCCN1CCNCC1.Cl.Cl. The number of anilines is 1. The van der Waals surface area contributed by atoms with Crippen LogP contribution in [0.2, 0.25) is 0 Å². The van der Waals surface area contributed by atoms with Crippen molar-refractivity contribution in [2.75, 3.05) is 51.1 Å². The average Bonchev–Trinajstić information content (AvgIpc) is 2.52. The van der Waals surface area contributed by atoms with E-state index in [4.69, 9.17) is 0 Å². The fraction of sp³-hybridized carbons (Fsp3) is 0.588. The summed E-state index contributed by atoms with van der Waals surface area (Å²) in [6, 6.07) is 6.15. The molecule has 1 fully saturated rings. The Balaban J connectivity index is 0.00000264. The molecule has 1 aliphatic rings. The largest absolute Gasteiger partial charge is 0.376 e. The minimum absolute atomic E-state index is 0. The minimum Gasteiger partial charge on any atom is -0.376 e. The number of piperazine rings is 1. The number of nitrogens with zero attached hydrogens (tertiary/aromatic N) is 1. The number of nitrogens with one attached hydrogen (secondary N) is 3. The Kier molecular flexibility index (Phi) is 11.8. The van der Waals surface area contributed by atoms with E-state index in [0.717, 1.165) is 51.4 Å². The Morgan fingerprint density at radius 2 is 1.79 bits per heavy atom. The Morgan fingerprint density at radius 1 is 1.17 bits per heavy atom. The minimum atomic E-state index is 0. The van der Waals surface area contributed by atoms with E-state index in [1.54, 1.807) is 0 Å². The summed E-state index contributed by atoms with van der Waals surface area (Å²) in [6.45, 7) is 10.6. The van der Waals surface area contributed by atoms with Gasteiger partial charge in [-0.25, -0.2) is 0 Å². The van der Waals surface area contributed by atoms with Crippen molar-refractivity contribution >= 4 is 36.4 Å². The number of carbonyl (C=O) groups excluding carboxylic acids is 1. The molecule has 7 heteroatoms. The maximum absolute atomic E-state index is 11.9. The van der Waals surface area contributed by atoms with Crippen molar-refractivity contribution in [1.82, 2.24) is 15.5 Å². The molecule has 1 amide bonds. The lowest BCUT2D eigenvalue weighted by Gasteiger charge is -2.27. The standard InChI is InChI=1S/C17H28N4O.2ClH/c1-14-5-3-6-15(2)17(14)20-13-16(22)19-7-4-10-21-11-8-18-9-12-21;;/h3,5-6,18,20H,4,7-13H2,1-2H3,(H,19,22);2*1H. The first-order valence-corrected chi connectivity index (χ1v) is 8.16. The summed E-state index contributed by atoms with van der Waals surface area (Å²) in [6.07, 6.45) is 1.01. The number of para-hydroxylation sites is 1. The van der Waals surface area contributed by atoms with Crippen LogP contribution in [0.1, 0.15) is 17.5 Å². The Bertz CT molecular complexity index is 473. The molecule has 0 bridgehead atoms. The van der Waals surface area contributed by atoms with E-state index in [2.05, 4.69) is 46.8 Å². The highest BCUT2D eigenvalue weighted by atomic mass is 35.5. The van der Waals surface area contributed by atoms with E-state index in [9.17, 15) is 4.79 Å². The van der Waals surface area contributed by atoms with Crippen LogP contribution < -0.4 is 16.0 Å². The summed E-state index contributed by atoms with van der Waals surface area (Å²) in [5.41, 5.74) is 3.41. The number of hydrogen-bond acceptors (Lipinski definition) is 4. The highest BCUT2D eigenvalue weighted by Gasteiger charge is 2.09. The summed E-state index contributed by atoms with van der Waals surface area (Å²) in [5, 5.41) is 9.57. The maximum Gasteiger partial charge on any atom is 0.239 e. The van der Waals surface area contributed by atoms with E-state index < -0.39 is 0 Å². The fourth-order valence-electron chi connectivity index (χ4n) is 2.79.